The Kier molecular flexibility index (Phi) is 2.61. The highest BCUT2D eigenvalue weighted by atomic mass is 16.5. The second-order valence-electron chi connectivity index (χ2n) is 3.30. The van der Waals surface area contributed by atoms with Gasteiger partial charge in [-0.25, -0.2) is 0 Å². The van der Waals surface area contributed by atoms with Crippen molar-refractivity contribution < 1.29 is 4.74 Å². The molecule has 1 aliphatic heterocycles. The molecule has 0 saturated carbocycles. The molecule has 1 aromatic rings. The Bertz CT molecular complexity index is 264. The Morgan fingerprint density at radius 1 is 1.69 bits per heavy atom. The van der Waals surface area contributed by atoms with Gasteiger partial charge in [0.05, 0.1) is 5.69 Å². The molecule has 1 aliphatic rings. The number of hydrogen-bond donors (Lipinski definition) is 1. The summed E-state index contributed by atoms with van der Waals surface area (Å²) >= 11 is 0. The zero-order chi connectivity index (χ0) is 9.10. The normalized spacial score (nSPS) is 24.2. The van der Waals surface area contributed by atoms with Gasteiger partial charge < -0.3 is 10.1 Å². The average molecular weight is 181 g/mol. The number of aromatic nitrogens is 2. The number of nitrogens with one attached hydrogen (secondary N) is 1. The van der Waals surface area contributed by atoms with Gasteiger partial charge in [-0.2, -0.15) is 5.10 Å². The molecule has 2 heterocycles. The molecule has 0 radical (unpaired) electrons. The lowest BCUT2D eigenvalue weighted by Crippen LogP contribution is -2.21. The van der Waals surface area contributed by atoms with E-state index in [1.807, 2.05) is 24.0 Å². The first-order valence-electron chi connectivity index (χ1n) is 4.68. The molecule has 0 unspecified atom stereocenters. The van der Waals surface area contributed by atoms with Gasteiger partial charge in [-0.15, -0.1) is 0 Å². The van der Waals surface area contributed by atoms with Gasteiger partial charge in [-0.1, -0.05) is 0 Å². The maximum Gasteiger partial charge on any atom is 0.111 e. The molecule has 0 amide bonds. The summed E-state index contributed by atoms with van der Waals surface area (Å²) in [5.41, 5.74) is 1.15. The van der Waals surface area contributed by atoms with Gasteiger partial charge in [0.15, 0.2) is 0 Å². The third-order valence-electron chi connectivity index (χ3n) is 2.34. The summed E-state index contributed by atoms with van der Waals surface area (Å²) in [6.07, 6.45) is 3.06. The quantitative estimate of drug-likeness (QED) is 0.684. The Balaban J connectivity index is 2.10. The smallest absolute Gasteiger partial charge is 0.111 e. The van der Waals surface area contributed by atoms with Crippen LogP contribution in [-0.4, -0.2) is 29.5 Å². The Morgan fingerprint density at radius 2 is 2.62 bits per heavy atom. The number of aryl methyl sites for hydroxylation is 1. The first-order valence-corrected chi connectivity index (χ1v) is 4.68. The SMILES string of the molecule is Cn1nccc1[C@H]1CNCCCO1. The predicted octanol–water partition coefficient (Wildman–Crippen LogP) is 0.471. The molecular weight excluding hydrogens is 166 g/mol. The van der Waals surface area contributed by atoms with Crippen molar-refractivity contribution in [3.8, 4) is 0 Å². The van der Waals surface area contributed by atoms with Crippen molar-refractivity contribution in [1.82, 2.24) is 15.1 Å². The topological polar surface area (TPSA) is 39.1 Å². The van der Waals surface area contributed by atoms with Crippen molar-refractivity contribution in [2.24, 2.45) is 7.05 Å². The van der Waals surface area contributed by atoms with Crippen LogP contribution in [0.15, 0.2) is 12.3 Å². The molecule has 4 heteroatoms. The fourth-order valence-electron chi connectivity index (χ4n) is 1.60. The predicted molar refractivity (Wildman–Crippen MR) is 49.4 cm³/mol. The van der Waals surface area contributed by atoms with Crippen LogP contribution in [0.25, 0.3) is 0 Å². The number of rotatable bonds is 1. The molecular formula is C9H15N3O. The second-order valence-corrected chi connectivity index (χ2v) is 3.30. The Hall–Kier alpha value is -0.870. The molecule has 1 aromatic heterocycles. The maximum absolute atomic E-state index is 5.70. The van der Waals surface area contributed by atoms with Gasteiger partial charge >= 0.3 is 0 Å². The zero-order valence-corrected chi connectivity index (χ0v) is 7.86. The molecule has 4 nitrogen and oxygen atoms in total. The van der Waals surface area contributed by atoms with Crippen molar-refractivity contribution in [2.75, 3.05) is 19.7 Å². The van der Waals surface area contributed by atoms with E-state index >= 15 is 0 Å². The summed E-state index contributed by atoms with van der Waals surface area (Å²) in [5, 5.41) is 7.48. The molecule has 2 rings (SSSR count). The molecule has 1 N–H and O–H groups in total. The zero-order valence-electron chi connectivity index (χ0n) is 7.86. The van der Waals surface area contributed by atoms with Gasteiger partial charge in [0.1, 0.15) is 6.10 Å². The van der Waals surface area contributed by atoms with Crippen molar-refractivity contribution in [1.29, 1.82) is 0 Å². The average Bonchev–Trinajstić information content (AvgIpc) is 2.43. The highest BCUT2D eigenvalue weighted by Crippen LogP contribution is 2.16. The fourth-order valence-corrected chi connectivity index (χ4v) is 1.60. The monoisotopic (exact) mass is 181 g/mol. The van der Waals surface area contributed by atoms with Crippen molar-refractivity contribution in [2.45, 2.75) is 12.5 Å². The van der Waals surface area contributed by atoms with E-state index in [9.17, 15) is 0 Å². The van der Waals surface area contributed by atoms with E-state index in [1.54, 1.807) is 0 Å². The second kappa shape index (κ2) is 3.89. The van der Waals surface area contributed by atoms with Crippen LogP contribution in [-0.2, 0) is 11.8 Å². The molecule has 0 aliphatic carbocycles. The van der Waals surface area contributed by atoms with E-state index in [1.165, 1.54) is 0 Å². The third kappa shape index (κ3) is 1.89. The van der Waals surface area contributed by atoms with Crippen molar-refractivity contribution in [3.05, 3.63) is 18.0 Å². The first-order chi connectivity index (χ1) is 6.38. The molecule has 0 aromatic carbocycles. The highest BCUT2D eigenvalue weighted by molar-refractivity contribution is 5.05. The minimum atomic E-state index is 0.162. The Labute approximate surface area is 77.9 Å². The van der Waals surface area contributed by atoms with Crippen molar-refractivity contribution >= 4 is 0 Å². The molecule has 1 saturated heterocycles. The van der Waals surface area contributed by atoms with Crippen LogP contribution in [0.2, 0.25) is 0 Å². The summed E-state index contributed by atoms with van der Waals surface area (Å²) in [7, 11) is 1.95. The Morgan fingerprint density at radius 3 is 3.38 bits per heavy atom. The van der Waals surface area contributed by atoms with Gasteiger partial charge in [-0.3, -0.25) is 4.68 Å². The molecule has 72 valence electrons. The van der Waals surface area contributed by atoms with E-state index in [0.29, 0.717) is 0 Å². The van der Waals surface area contributed by atoms with Gasteiger partial charge in [0.2, 0.25) is 0 Å². The molecule has 0 spiro atoms. The van der Waals surface area contributed by atoms with Crippen LogP contribution in [0.4, 0.5) is 0 Å². The highest BCUT2D eigenvalue weighted by Gasteiger charge is 2.16. The van der Waals surface area contributed by atoms with Gasteiger partial charge in [-0.05, 0) is 19.0 Å². The summed E-state index contributed by atoms with van der Waals surface area (Å²) < 4.78 is 7.58. The fraction of sp³-hybridized carbons (Fsp3) is 0.667. The summed E-state index contributed by atoms with van der Waals surface area (Å²) in [6.45, 7) is 2.77. The van der Waals surface area contributed by atoms with Crippen LogP contribution in [0.3, 0.4) is 0 Å². The lowest BCUT2D eigenvalue weighted by molar-refractivity contribution is 0.0612. The molecule has 1 fully saturated rings. The minimum absolute atomic E-state index is 0.162. The summed E-state index contributed by atoms with van der Waals surface area (Å²) in [4.78, 5) is 0. The van der Waals surface area contributed by atoms with Crippen molar-refractivity contribution in [3.63, 3.8) is 0 Å². The lowest BCUT2D eigenvalue weighted by atomic mass is 10.2. The van der Waals surface area contributed by atoms with E-state index in [0.717, 1.165) is 31.8 Å². The molecule has 1 atom stereocenters. The van der Waals surface area contributed by atoms with E-state index in [2.05, 4.69) is 10.4 Å². The first kappa shape index (κ1) is 8.72. The third-order valence-corrected chi connectivity index (χ3v) is 2.34. The summed E-state index contributed by atoms with van der Waals surface area (Å²) in [5.74, 6) is 0. The number of ether oxygens (including phenoxy) is 1. The van der Waals surface area contributed by atoms with Crippen LogP contribution in [0, 0.1) is 0 Å². The van der Waals surface area contributed by atoms with E-state index < -0.39 is 0 Å². The number of nitrogens with zero attached hydrogens (tertiary/aromatic N) is 2. The summed E-state index contributed by atoms with van der Waals surface area (Å²) in [6, 6.07) is 2.01. The number of hydrogen-bond acceptors (Lipinski definition) is 3. The molecule has 0 bridgehead atoms. The minimum Gasteiger partial charge on any atom is -0.371 e. The maximum atomic E-state index is 5.70. The van der Waals surface area contributed by atoms with Gasteiger partial charge in [0, 0.05) is 26.4 Å². The van der Waals surface area contributed by atoms with Crippen LogP contribution < -0.4 is 5.32 Å². The van der Waals surface area contributed by atoms with Crippen LogP contribution in [0.1, 0.15) is 18.2 Å². The largest absolute Gasteiger partial charge is 0.371 e. The van der Waals surface area contributed by atoms with Crippen LogP contribution >= 0.6 is 0 Å². The van der Waals surface area contributed by atoms with E-state index in [4.69, 9.17) is 4.74 Å². The molecule has 13 heavy (non-hydrogen) atoms. The standard InChI is InChI=1S/C9H15N3O/c1-12-8(3-5-11-12)9-7-10-4-2-6-13-9/h3,5,9-10H,2,4,6-7H2,1H3/t9-/m1/s1. The van der Waals surface area contributed by atoms with E-state index in [-0.39, 0.29) is 6.10 Å². The lowest BCUT2D eigenvalue weighted by Gasteiger charge is -2.14. The van der Waals surface area contributed by atoms with Crippen LogP contribution in [0.5, 0.6) is 0 Å². The van der Waals surface area contributed by atoms with Gasteiger partial charge in [0.25, 0.3) is 0 Å².